The number of nitrogen functional groups attached to an aromatic ring is 1. The minimum absolute atomic E-state index is 0.234. The molecule has 1 amide bonds. The van der Waals surface area contributed by atoms with Gasteiger partial charge in [-0.2, -0.15) is 4.52 Å². The summed E-state index contributed by atoms with van der Waals surface area (Å²) < 4.78 is 12.0. The van der Waals surface area contributed by atoms with Gasteiger partial charge in [-0.1, -0.05) is 18.2 Å². The van der Waals surface area contributed by atoms with Crippen LogP contribution in [0.1, 0.15) is 12.5 Å². The molecule has 0 spiro atoms. The zero-order valence-corrected chi connectivity index (χ0v) is 18.3. The van der Waals surface area contributed by atoms with E-state index in [0.29, 0.717) is 36.9 Å². The number of furan rings is 1. The Hall–Kier alpha value is -3.92. The third-order valence-electron chi connectivity index (χ3n) is 5.62. The monoisotopic (exact) mass is 447 g/mol. The second kappa shape index (κ2) is 8.91. The molecule has 1 aromatic carbocycles. The number of benzene rings is 1. The molecule has 1 saturated heterocycles. The average molecular weight is 447 g/mol. The van der Waals surface area contributed by atoms with Crippen molar-refractivity contribution in [2.24, 2.45) is 0 Å². The first-order valence-electron chi connectivity index (χ1n) is 10.9. The lowest BCUT2D eigenvalue weighted by molar-refractivity contribution is 0.0778. The van der Waals surface area contributed by atoms with Gasteiger partial charge in [-0.25, -0.2) is 14.8 Å². The Morgan fingerprint density at radius 1 is 1.12 bits per heavy atom. The van der Waals surface area contributed by atoms with Crippen LogP contribution < -0.4 is 5.73 Å². The number of ether oxygens (including phenoxy) is 1. The minimum atomic E-state index is -0.234. The summed E-state index contributed by atoms with van der Waals surface area (Å²) in [5.41, 5.74) is 9.62. The van der Waals surface area contributed by atoms with Gasteiger partial charge in [0.05, 0.1) is 18.6 Å². The number of carbonyl (C=O) groups is 1. The number of rotatable bonds is 5. The fraction of sp³-hybridized carbons (Fsp3) is 0.304. The number of piperazine rings is 1. The number of fused-ring (bicyclic) bond motifs is 1. The molecule has 3 aromatic heterocycles. The van der Waals surface area contributed by atoms with Crippen molar-refractivity contribution in [2.75, 3.05) is 38.5 Å². The van der Waals surface area contributed by atoms with Crippen molar-refractivity contribution in [1.29, 1.82) is 0 Å². The molecule has 10 heteroatoms. The molecular formula is C23H25N7O3. The van der Waals surface area contributed by atoms with E-state index in [1.54, 1.807) is 23.3 Å². The summed E-state index contributed by atoms with van der Waals surface area (Å²) in [7, 11) is 0. The van der Waals surface area contributed by atoms with Crippen LogP contribution in [0.15, 0.2) is 53.1 Å². The molecule has 0 unspecified atom stereocenters. The maximum Gasteiger partial charge on any atom is 0.409 e. The third-order valence-corrected chi connectivity index (χ3v) is 5.62. The van der Waals surface area contributed by atoms with Crippen LogP contribution in [0.3, 0.4) is 0 Å². The van der Waals surface area contributed by atoms with Crippen molar-refractivity contribution in [3.8, 4) is 22.8 Å². The maximum absolute atomic E-state index is 11.9. The first-order chi connectivity index (χ1) is 16.1. The molecule has 33 heavy (non-hydrogen) atoms. The molecule has 2 N–H and O–H groups in total. The SMILES string of the molecule is CCOC(=O)N1CCN(Cc2cccc(-c3cc4nc(-c5ccco5)nn4c(N)n3)c2)CC1. The first-order valence-corrected chi connectivity index (χ1v) is 10.9. The van der Waals surface area contributed by atoms with Crippen molar-refractivity contribution < 1.29 is 13.9 Å². The predicted molar refractivity (Wildman–Crippen MR) is 122 cm³/mol. The van der Waals surface area contributed by atoms with Crippen LogP contribution in [0.2, 0.25) is 0 Å². The lowest BCUT2D eigenvalue weighted by Crippen LogP contribution is -2.48. The van der Waals surface area contributed by atoms with E-state index in [2.05, 4.69) is 32.1 Å². The predicted octanol–water partition coefficient (Wildman–Crippen LogP) is 2.91. The fourth-order valence-electron chi connectivity index (χ4n) is 3.96. The molecule has 1 aliphatic rings. The number of aromatic nitrogens is 4. The first kappa shape index (κ1) is 21.0. The third kappa shape index (κ3) is 4.37. The second-order valence-corrected chi connectivity index (χ2v) is 7.84. The highest BCUT2D eigenvalue weighted by atomic mass is 16.6. The summed E-state index contributed by atoms with van der Waals surface area (Å²) in [5, 5.41) is 4.40. The highest BCUT2D eigenvalue weighted by Crippen LogP contribution is 2.24. The van der Waals surface area contributed by atoms with Gasteiger partial charge in [-0.3, -0.25) is 4.90 Å². The number of carbonyl (C=O) groups excluding carboxylic acids is 1. The van der Waals surface area contributed by atoms with Crippen molar-refractivity contribution >= 4 is 17.7 Å². The van der Waals surface area contributed by atoms with Crippen LogP contribution in [-0.4, -0.2) is 68.3 Å². The largest absolute Gasteiger partial charge is 0.461 e. The van der Waals surface area contributed by atoms with E-state index in [4.69, 9.17) is 14.9 Å². The summed E-state index contributed by atoms with van der Waals surface area (Å²) >= 11 is 0. The van der Waals surface area contributed by atoms with Gasteiger partial charge in [-0.15, -0.1) is 5.10 Å². The molecule has 170 valence electrons. The summed E-state index contributed by atoms with van der Waals surface area (Å²) in [5.74, 6) is 1.29. The molecule has 1 aliphatic heterocycles. The number of nitrogens with two attached hydrogens (primary N) is 1. The topological polar surface area (TPSA) is 115 Å². The Bertz CT molecular complexity index is 1260. The van der Waals surface area contributed by atoms with Crippen LogP contribution in [0.25, 0.3) is 28.5 Å². The van der Waals surface area contributed by atoms with Gasteiger partial charge in [0.15, 0.2) is 11.4 Å². The van der Waals surface area contributed by atoms with Crippen molar-refractivity contribution in [2.45, 2.75) is 13.5 Å². The fourth-order valence-corrected chi connectivity index (χ4v) is 3.96. The zero-order valence-electron chi connectivity index (χ0n) is 18.3. The van der Waals surface area contributed by atoms with E-state index < -0.39 is 0 Å². The van der Waals surface area contributed by atoms with Gasteiger partial charge < -0.3 is 19.8 Å². The molecule has 0 radical (unpaired) electrons. The van der Waals surface area contributed by atoms with Gasteiger partial charge in [-0.05, 0) is 30.7 Å². The van der Waals surface area contributed by atoms with Crippen molar-refractivity contribution in [1.82, 2.24) is 29.4 Å². The Labute approximate surface area is 190 Å². The quantitative estimate of drug-likeness (QED) is 0.497. The Morgan fingerprint density at radius 3 is 2.73 bits per heavy atom. The molecule has 4 aromatic rings. The number of nitrogens with zero attached hydrogens (tertiary/aromatic N) is 6. The lowest BCUT2D eigenvalue weighted by Gasteiger charge is -2.34. The van der Waals surface area contributed by atoms with Crippen molar-refractivity contribution in [3.05, 3.63) is 54.3 Å². The van der Waals surface area contributed by atoms with Crippen LogP contribution in [0, 0.1) is 0 Å². The minimum Gasteiger partial charge on any atom is -0.461 e. The summed E-state index contributed by atoms with van der Waals surface area (Å²) in [6.45, 7) is 5.94. The smallest absolute Gasteiger partial charge is 0.409 e. The molecule has 0 atom stereocenters. The summed E-state index contributed by atoms with van der Waals surface area (Å²) in [4.78, 5) is 25.1. The second-order valence-electron chi connectivity index (χ2n) is 7.84. The van der Waals surface area contributed by atoms with Gasteiger partial charge in [0.1, 0.15) is 0 Å². The highest BCUT2D eigenvalue weighted by Gasteiger charge is 2.22. The molecule has 0 bridgehead atoms. The number of anilines is 1. The van der Waals surface area contributed by atoms with Crippen LogP contribution in [0.4, 0.5) is 10.7 Å². The highest BCUT2D eigenvalue weighted by molar-refractivity contribution is 5.68. The molecule has 10 nitrogen and oxygen atoms in total. The Morgan fingerprint density at radius 2 is 1.97 bits per heavy atom. The lowest BCUT2D eigenvalue weighted by atomic mass is 10.1. The van der Waals surface area contributed by atoms with Gasteiger partial charge in [0.25, 0.3) is 0 Å². The number of hydrogen-bond donors (Lipinski definition) is 1. The molecular weight excluding hydrogens is 422 g/mol. The van der Waals surface area contributed by atoms with Gasteiger partial charge in [0, 0.05) is 44.4 Å². The summed E-state index contributed by atoms with van der Waals surface area (Å²) in [6.07, 6.45) is 1.35. The van der Waals surface area contributed by atoms with E-state index in [0.717, 1.165) is 36.5 Å². The van der Waals surface area contributed by atoms with E-state index in [9.17, 15) is 4.79 Å². The van der Waals surface area contributed by atoms with Crippen LogP contribution in [-0.2, 0) is 11.3 Å². The van der Waals surface area contributed by atoms with Gasteiger partial charge >= 0.3 is 6.09 Å². The van der Waals surface area contributed by atoms with Crippen LogP contribution in [0.5, 0.6) is 0 Å². The standard InChI is InChI=1S/C23H25N7O3/c1-2-32-23(31)29-10-8-28(9-11-29)15-16-5-3-6-17(13-16)18-14-20-26-21(19-7-4-12-33-19)27-30(20)22(24)25-18/h3-7,12-14H,2,8-11,15H2,1H3,(H2,24,25). The Balaban J connectivity index is 1.32. The van der Waals surface area contributed by atoms with E-state index >= 15 is 0 Å². The molecule has 4 heterocycles. The number of amides is 1. The normalized spacial score (nSPS) is 14.6. The maximum atomic E-state index is 11.9. The van der Waals surface area contributed by atoms with Crippen molar-refractivity contribution in [3.63, 3.8) is 0 Å². The van der Waals surface area contributed by atoms with E-state index in [1.165, 1.54) is 4.52 Å². The zero-order chi connectivity index (χ0) is 22.8. The number of hydrogen-bond acceptors (Lipinski definition) is 8. The molecule has 1 fully saturated rings. The van der Waals surface area contributed by atoms with E-state index in [-0.39, 0.29) is 12.0 Å². The molecule has 0 aliphatic carbocycles. The van der Waals surface area contributed by atoms with Gasteiger partial charge in [0.2, 0.25) is 11.8 Å². The Kier molecular flexibility index (Phi) is 5.66. The van der Waals surface area contributed by atoms with E-state index in [1.807, 2.05) is 25.1 Å². The average Bonchev–Trinajstić information content (AvgIpc) is 3.50. The van der Waals surface area contributed by atoms with Crippen LogP contribution >= 0.6 is 0 Å². The molecule has 0 saturated carbocycles. The summed E-state index contributed by atoms with van der Waals surface area (Å²) in [6, 6.07) is 13.7. The molecule has 5 rings (SSSR count).